The van der Waals surface area contributed by atoms with Gasteiger partial charge in [0.25, 0.3) is 0 Å². The number of carbonyl (C=O) groups excluding carboxylic acids is 1. The highest BCUT2D eigenvalue weighted by atomic mass is 32.2. The molecule has 1 aliphatic heterocycles. The monoisotopic (exact) mass is 216 g/mol. The second kappa shape index (κ2) is 6.30. The van der Waals surface area contributed by atoms with E-state index in [2.05, 4.69) is 23.8 Å². The fourth-order valence-electron chi connectivity index (χ4n) is 1.65. The van der Waals surface area contributed by atoms with E-state index in [9.17, 15) is 4.79 Å². The zero-order valence-corrected chi connectivity index (χ0v) is 9.82. The minimum Gasteiger partial charge on any atom is -0.354 e. The minimum absolute atomic E-state index is 0.0662. The average molecular weight is 216 g/mol. The van der Waals surface area contributed by atoms with Gasteiger partial charge in [0.05, 0.1) is 6.04 Å². The van der Waals surface area contributed by atoms with Crippen molar-refractivity contribution in [1.29, 1.82) is 0 Å². The normalized spacial score (nSPS) is 23.4. The SMILES string of the molecule is CSCC(C)CNC(=O)C1CCCN1. The van der Waals surface area contributed by atoms with Gasteiger partial charge in [-0.2, -0.15) is 11.8 Å². The van der Waals surface area contributed by atoms with Crippen LogP contribution in [0.25, 0.3) is 0 Å². The highest BCUT2D eigenvalue weighted by Gasteiger charge is 2.21. The second-order valence-corrected chi connectivity index (χ2v) is 4.87. The lowest BCUT2D eigenvalue weighted by Crippen LogP contribution is -2.42. The molecule has 0 aromatic rings. The molecule has 2 N–H and O–H groups in total. The lowest BCUT2D eigenvalue weighted by atomic mass is 10.2. The van der Waals surface area contributed by atoms with Crippen LogP contribution < -0.4 is 10.6 Å². The molecule has 0 aromatic carbocycles. The summed E-state index contributed by atoms with van der Waals surface area (Å²) in [5.74, 6) is 1.85. The molecule has 1 fully saturated rings. The Balaban J connectivity index is 2.13. The van der Waals surface area contributed by atoms with Gasteiger partial charge in [-0.1, -0.05) is 6.92 Å². The summed E-state index contributed by atoms with van der Waals surface area (Å²) in [5, 5.41) is 6.19. The van der Waals surface area contributed by atoms with E-state index in [1.165, 1.54) is 0 Å². The second-order valence-electron chi connectivity index (χ2n) is 3.95. The number of thioether (sulfide) groups is 1. The molecular formula is C10H20N2OS. The first kappa shape index (κ1) is 11.9. The third kappa shape index (κ3) is 3.88. The van der Waals surface area contributed by atoms with E-state index in [0.29, 0.717) is 5.92 Å². The lowest BCUT2D eigenvalue weighted by Gasteiger charge is -2.14. The van der Waals surface area contributed by atoms with Gasteiger partial charge >= 0.3 is 0 Å². The van der Waals surface area contributed by atoms with Crippen molar-refractivity contribution in [3.63, 3.8) is 0 Å². The maximum Gasteiger partial charge on any atom is 0.237 e. The highest BCUT2D eigenvalue weighted by molar-refractivity contribution is 7.98. The maximum absolute atomic E-state index is 11.6. The van der Waals surface area contributed by atoms with E-state index in [-0.39, 0.29) is 11.9 Å². The molecule has 2 unspecified atom stereocenters. The van der Waals surface area contributed by atoms with E-state index >= 15 is 0 Å². The molecule has 3 nitrogen and oxygen atoms in total. The first-order valence-electron chi connectivity index (χ1n) is 5.24. The molecule has 1 aliphatic rings. The number of carbonyl (C=O) groups is 1. The van der Waals surface area contributed by atoms with Crippen molar-refractivity contribution in [2.24, 2.45) is 5.92 Å². The van der Waals surface area contributed by atoms with Gasteiger partial charge in [-0.25, -0.2) is 0 Å². The predicted octanol–water partition coefficient (Wildman–Crippen LogP) is 0.854. The topological polar surface area (TPSA) is 41.1 Å². The van der Waals surface area contributed by atoms with Crippen molar-refractivity contribution in [1.82, 2.24) is 10.6 Å². The Hall–Kier alpha value is -0.220. The third-order valence-corrected chi connectivity index (χ3v) is 3.36. The summed E-state index contributed by atoms with van der Waals surface area (Å²) in [7, 11) is 0. The van der Waals surface area contributed by atoms with Gasteiger partial charge in [0.2, 0.25) is 5.91 Å². The zero-order chi connectivity index (χ0) is 10.4. The molecule has 0 spiro atoms. The van der Waals surface area contributed by atoms with E-state index < -0.39 is 0 Å². The Bertz CT molecular complexity index is 181. The van der Waals surface area contributed by atoms with E-state index in [0.717, 1.165) is 31.7 Å². The number of hydrogen-bond acceptors (Lipinski definition) is 3. The number of amides is 1. The fraction of sp³-hybridized carbons (Fsp3) is 0.900. The molecule has 0 radical (unpaired) electrons. The van der Waals surface area contributed by atoms with Gasteiger partial charge in [0, 0.05) is 6.54 Å². The van der Waals surface area contributed by atoms with Gasteiger partial charge in [-0.3, -0.25) is 4.79 Å². The Morgan fingerprint density at radius 1 is 1.71 bits per heavy atom. The summed E-state index contributed by atoms with van der Waals surface area (Å²) in [4.78, 5) is 11.6. The molecule has 1 heterocycles. The highest BCUT2D eigenvalue weighted by Crippen LogP contribution is 2.06. The van der Waals surface area contributed by atoms with E-state index in [1.54, 1.807) is 0 Å². The predicted molar refractivity (Wildman–Crippen MR) is 61.6 cm³/mol. The molecule has 1 amide bonds. The van der Waals surface area contributed by atoms with Crippen LogP contribution >= 0.6 is 11.8 Å². The lowest BCUT2D eigenvalue weighted by molar-refractivity contribution is -0.122. The fourth-order valence-corrected chi connectivity index (χ4v) is 2.34. The van der Waals surface area contributed by atoms with Gasteiger partial charge < -0.3 is 10.6 Å². The van der Waals surface area contributed by atoms with Crippen LogP contribution in [0.2, 0.25) is 0 Å². The Kier molecular flexibility index (Phi) is 5.33. The third-order valence-electron chi connectivity index (χ3n) is 2.45. The summed E-state index contributed by atoms with van der Waals surface area (Å²) in [6.07, 6.45) is 4.21. The standard InChI is InChI=1S/C10H20N2OS/c1-8(7-14-2)6-12-10(13)9-4-3-5-11-9/h8-9,11H,3-7H2,1-2H3,(H,12,13). The zero-order valence-electron chi connectivity index (χ0n) is 9.01. The number of hydrogen-bond donors (Lipinski definition) is 2. The first-order valence-corrected chi connectivity index (χ1v) is 6.63. The summed E-state index contributed by atoms with van der Waals surface area (Å²) >= 11 is 1.83. The molecule has 0 aromatic heterocycles. The molecule has 1 saturated heterocycles. The van der Waals surface area contributed by atoms with Crippen molar-refractivity contribution in [2.45, 2.75) is 25.8 Å². The summed E-state index contributed by atoms with van der Waals surface area (Å²) in [5.41, 5.74) is 0. The van der Waals surface area contributed by atoms with Gasteiger partial charge in [-0.05, 0) is 37.3 Å². The van der Waals surface area contributed by atoms with Crippen LogP contribution in [0.4, 0.5) is 0 Å². The average Bonchev–Trinajstić information content (AvgIpc) is 2.67. The summed E-state index contributed by atoms with van der Waals surface area (Å²) in [6, 6.07) is 0.0662. The van der Waals surface area contributed by atoms with Crippen LogP contribution in [0.3, 0.4) is 0 Å². The quantitative estimate of drug-likeness (QED) is 0.716. The molecule has 82 valence electrons. The Morgan fingerprint density at radius 2 is 2.50 bits per heavy atom. The van der Waals surface area contributed by atoms with Gasteiger partial charge in [0.15, 0.2) is 0 Å². The summed E-state index contributed by atoms with van der Waals surface area (Å²) < 4.78 is 0. The van der Waals surface area contributed by atoms with Crippen molar-refractivity contribution < 1.29 is 4.79 Å². The van der Waals surface area contributed by atoms with Crippen molar-refractivity contribution >= 4 is 17.7 Å². The smallest absolute Gasteiger partial charge is 0.237 e. The van der Waals surface area contributed by atoms with Gasteiger partial charge in [0.1, 0.15) is 0 Å². The Labute approximate surface area is 90.4 Å². The van der Waals surface area contributed by atoms with Crippen LogP contribution in [0.5, 0.6) is 0 Å². The molecule has 2 atom stereocenters. The van der Waals surface area contributed by atoms with Crippen LogP contribution in [0, 0.1) is 5.92 Å². The minimum atomic E-state index is 0.0662. The van der Waals surface area contributed by atoms with Crippen LogP contribution in [-0.4, -0.2) is 37.0 Å². The molecule has 14 heavy (non-hydrogen) atoms. The summed E-state index contributed by atoms with van der Waals surface area (Å²) in [6.45, 7) is 3.95. The van der Waals surface area contributed by atoms with E-state index in [1.807, 2.05) is 11.8 Å². The van der Waals surface area contributed by atoms with Crippen molar-refractivity contribution in [2.75, 3.05) is 25.1 Å². The van der Waals surface area contributed by atoms with Crippen molar-refractivity contribution in [3.05, 3.63) is 0 Å². The molecule has 0 saturated carbocycles. The molecule has 1 rings (SSSR count). The first-order chi connectivity index (χ1) is 6.74. The van der Waals surface area contributed by atoms with Crippen molar-refractivity contribution in [3.8, 4) is 0 Å². The molecule has 4 heteroatoms. The molecule has 0 aliphatic carbocycles. The van der Waals surface area contributed by atoms with Crippen LogP contribution in [-0.2, 0) is 4.79 Å². The van der Waals surface area contributed by atoms with Crippen LogP contribution in [0.1, 0.15) is 19.8 Å². The van der Waals surface area contributed by atoms with E-state index in [4.69, 9.17) is 0 Å². The van der Waals surface area contributed by atoms with Crippen LogP contribution in [0.15, 0.2) is 0 Å². The number of rotatable bonds is 5. The largest absolute Gasteiger partial charge is 0.354 e. The maximum atomic E-state index is 11.6. The number of nitrogens with one attached hydrogen (secondary N) is 2. The van der Waals surface area contributed by atoms with Gasteiger partial charge in [-0.15, -0.1) is 0 Å². The Morgan fingerprint density at radius 3 is 3.07 bits per heavy atom. The molecule has 0 bridgehead atoms. The molecular weight excluding hydrogens is 196 g/mol.